The predicted molar refractivity (Wildman–Crippen MR) is 102 cm³/mol. The van der Waals surface area contributed by atoms with Gasteiger partial charge < -0.3 is 4.90 Å². The summed E-state index contributed by atoms with van der Waals surface area (Å²) in [6, 6.07) is 15.5. The first-order chi connectivity index (χ1) is 10.4. The zero-order valence-electron chi connectivity index (χ0n) is 13.8. The van der Waals surface area contributed by atoms with Crippen molar-refractivity contribution in [2.24, 2.45) is 0 Å². The van der Waals surface area contributed by atoms with Crippen LogP contribution in [0.15, 0.2) is 42.5 Å². The van der Waals surface area contributed by atoms with E-state index in [-0.39, 0.29) is 0 Å². The van der Waals surface area contributed by atoms with E-state index in [0.717, 1.165) is 10.6 Å². The highest BCUT2D eigenvalue weighted by molar-refractivity contribution is 7.22. The highest BCUT2D eigenvalue weighted by Gasteiger charge is 2.16. The first kappa shape index (κ1) is 15.3. The van der Waals surface area contributed by atoms with Crippen LogP contribution >= 0.6 is 11.3 Å². The van der Waals surface area contributed by atoms with E-state index in [1.54, 1.807) is 11.3 Å². The van der Waals surface area contributed by atoms with Gasteiger partial charge in [0, 0.05) is 19.7 Å². The van der Waals surface area contributed by atoms with Crippen molar-refractivity contribution in [3.8, 4) is 11.1 Å². The molecule has 1 aromatic heterocycles. The van der Waals surface area contributed by atoms with Crippen LogP contribution < -0.4 is 10.1 Å². The summed E-state index contributed by atoms with van der Waals surface area (Å²) >= 11 is 1.74. The summed E-state index contributed by atoms with van der Waals surface area (Å²) in [4.78, 5) is 6.89. The molecule has 0 N–H and O–H groups in total. The molecular weight excluding hydrogens is 304 g/mol. The zero-order valence-corrected chi connectivity index (χ0v) is 15.7. The fourth-order valence-corrected chi connectivity index (χ4v) is 4.59. The van der Waals surface area contributed by atoms with E-state index in [2.05, 4.69) is 67.0 Å². The van der Waals surface area contributed by atoms with E-state index in [0.29, 0.717) is 0 Å². The summed E-state index contributed by atoms with van der Waals surface area (Å²) in [5.74, 6) is 0. The lowest BCUT2D eigenvalue weighted by Crippen LogP contribution is -2.37. The highest BCUT2D eigenvalue weighted by atomic mass is 32.1. The van der Waals surface area contributed by atoms with Gasteiger partial charge in [-0.1, -0.05) is 72.6 Å². The van der Waals surface area contributed by atoms with Crippen LogP contribution in [0.1, 0.15) is 0 Å². The van der Waals surface area contributed by atoms with Crippen LogP contribution in [0.2, 0.25) is 19.6 Å². The Hall–Kier alpha value is -1.65. The van der Waals surface area contributed by atoms with E-state index < -0.39 is 8.07 Å². The fraction of sp³-hybridized carbons (Fsp3) is 0.278. The number of thiazole rings is 1. The lowest BCUT2D eigenvalue weighted by molar-refractivity contribution is 1.11. The average molecular weight is 327 g/mol. The molecule has 0 aliphatic carbocycles. The Labute approximate surface area is 137 Å². The van der Waals surface area contributed by atoms with Crippen LogP contribution in [-0.4, -0.2) is 27.2 Å². The molecule has 3 rings (SSSR count). The summed E-state index contributed by atoms with van der Waals surface area (Å²) in [6.07, 6.45) is 0. The molecule has 0 spiro atoms. The normalized spacial score (nSPS) is 11.9. The maximum atomic E-state index is 4.81. The number of fused-ring (bicyclic) bond motifs is 1. The molecular formula is C18H22N2SSi. The third-order valence-corrected chi connectivity index (χ3v) is 7.11. The fourth-order valence-electron chi connectivity index (χ4n) is 2.51. The summed E-state index contributed by atoms with van der Waals surface area (Å²) in [7, 11) is 2.84. The van der Waals surface area contributed by atoms with Gasteiger partial charge in [-0.3, -0.25) is 0 Å². The maximum Gasteiger partial charge on any atom is 0.185 e. The van der Waals surface area contributed by atoms with E-state index in [1.807, 2.05) is 14.1 Å². The lowest BCUT2D eigenvalue weighted by Gasteiger charge is -2.16. The number of rotatable bonds is 3. The highest BCUT2D eigenvalue weighted by Crippen LogP contribution is 2.34. The number of hydrogen-bond donors (Lipinski definition) is 0. The molecule has 0 bridgehead atoms. The van der Waals surface area contributed by atoms with Gasteiger partial charge in [0.25, 0.3) is 0 Å². The van der Waals surface area contributed by atoms with E-state index >= 15 is 0 Å². The Balaban J connectivity index is 2.10. The zero-order chi connectivity index (χ0) is 15.9. The van der Waals surface area contributed by atoms with Crippen molar-refractivity contribution >= 4 is 39.9 Å². The Morgan fingerprint density at radius 1 is 0.955 bits per heavy atom. The quantitative estimate of drug-likeness (QED) is 0.655. The first-order valence-electron chi connectivity index (χ1n) is 7.54. The van der Waals surface area contributed by atoms with Crippen LogP contribution in [0.5, 0.6) is 0 Å². The monoisotopic (exact) mass is 326 g/mol. The Kier molecular flexibility index (Phi) is 3.83. The molecule has 114 valence electrons. The minimum Gasteiger partial charge on any atom is -0.354 e. The molecule has 22 heavy (non-hydrogen) atoms. The molecule has 0 aliphatic rings. The molecule has 0 unspecified atom stereocenters. The van der Waals surface area contributed by atoms with Gasteiger partial charge >= 0.3 is 0 Å². The number of aromatic nitrogens is 1. The van der Waals surface area contributed by atoms with Crippen molar-refractivity contribution in [2.75, 3.05) is 19.0 Å². The van der Waals surface area contributed by atoms with Gasteiger partial charge in [-0.2, -0.15) is 0 Å². The third-order valence-electron chi connectivity index (χ3n) is 3.85. The molecule has 0 saturated heterocycles. The topological polar surface area (TPSA) is 16.1 Å². The molecule has 2 nitrogen and oxygen atoms in total. The number of nitrogens with zero attached hydrogens (tertiary/aromatic N) is 2. The number of para-hydroxylation sites is 1. The van der Waals surface area contributed by atoms with E-state index in [1.165, 1.54) is 21.0 Å². The first-order valence-corrected chi connectivity index (χ1v) is 11.9. The Morgan fingerprint density at radius 2 is 1.64 bits per heavy atom. The molecule has 3 aromatic rings. The summed E-state index contributed by atoms with van der Waals surface area (Å²) < 4.78 is 1.25. The van der Waals surface area contributed by atoms with Gasteiger partial charge in [0.15, 0.2) is 5.13 Å². The van der Waals surface area contributed by atoms with E-state index in [9.17, 15) is 0 Å². The number of hydrogen-bond acceptors (Lipinski definition) is 3. The van der Waals surface area contributed by atoms with Gasteiger partial charge in [-0.25, -0.2) is 4.98 Å². The molecule has 0 atom stereocenters. The van der Waals surface area contributed by atoms with Crippen molar-refractivity contribution in [3.63, 3.8) is 0 Å². The summed E-state index contributed by atoms with van der Waals surface area (Å²) in [5.41, 5.74) is 3.59. The second-order valence-electron chi connectivity index (χ2n) is 6.87. The molecule has 2 aromatic carbocycles. The van der Waals surface area contributed by atoms with E-state index in [4.69, 9.17) is 4.98 Å². The van der Waals surface area contributed by atoms with Gasteiger partial charge in [0.1, 0.15) is 0 Å². The van der Waals surface area contributed by atoms with Crippen molar-refractivity contribution in [3.05, 3.63) is 42.5 Å². The van der Waals surface area contributed by atoms with Crippen molar-refractivity contribution in [1.29, 1.82) is 0 Å². The Morgan fingerprint density at radius 3 is 2.23 bits per heavy atom. The SMILES string of the molecule is CN(C)c1nc2c(-c3ccc([Si](C)(C)C)cc3)cccc2s1. The van der Waals surface area contributed by atoms with Crippen LogP contribution in [-0.2, 0) is 0 Å². The summed E-state index contributed by atoms with van der Waals surface area (Å²) in [6.45, 7) is 7.14. The van der Waals surface area contributed by atoms with Crippen molar-refractivity contribution in [2.45, 2.75) is 19.6 Å². The predicted octanol–water partition coefficient (Wildman–Crippen LogP) is 4.57. The van der Waals surface area contributed by atoms with Crippen molar-refractivity contribution < 1.29 is 0 Å². The molecule has 0 radical (unpaired) electrons. The van der Waals surface area contributed by atoms with Gasteiger partial charge in [-0.15, -0.1) is 0 Å². The second kappa shape index (κ2) is 5.52. The van der Waals surface area contributed by atoms with Crippen LogP contribution in [0, 0.1) is 0 Å². The minimum atomic E-state index is -1.24. The lowest BCUT2D eigenvalue weighted by atomic mass is 10.0. The number of anilines is 1. The molecule has 1 heterocycles. The Bertz CT molecular complexity index is 798. The average Bonchev–Trinajstić information content (AvgIpc) is 2.90. The standard InChI is InChI=1S/C18H22N2SSi/c1-20(2)18-19-17-15(7-6-8-16(17)21-18)13-9-11-14(12-10-13)22(3,4)5/h6-12H,1-5H3. The van der Waals surface area contributed by atoms with Gasteiger partial charge in [-0.05, 0) is 11.6 Å². The maximum absolute atomic E-state index is 4.81. The molecule has 0 aliphatic heterocycles. The number of benzene rings is 2. The van der Waals surface area contributed by atoms with Crippen LogP contribution in [0.25, 0.3) is 21.3 Å². The minimum absolute atomic E-state index is 1.06. The molecule has 0 amide bonds. The molecule has 0 fully saturated rings. The smallest absolute Gasteiger partial charge is 0.185 e. The molecule has 4 heteroatoms. The second-order valence-corrected chi connectivity index (χ2v) is 13.0. The molecule has 0 saturated carbocycles. The van der Waals surface area contributed by atoms with Crippen molar-refractivity contribution in [1.82, 2.24) is 4.98 Å². The third kappa shape index (κ3) is 2.81. The van der Waals surface area contributed by atoms with Crippen LogP contribution in [0.4, 0.5) is 5.13 Å². The van der Waals surface area contributed by atoms with Gasteiger partial charge in [0.2, 0.25) is 0 Å². The largest absolute Gasteiger partial charge is 0.354 e. The van der Waals surface area contributed by atoms with Gasteiger partial charge in [0.05, 0.1) is 18.3 Å². The summed E-state index contributed by atoms with van der Waals surface area (Å²) in [5, 5.41) is 2.55. The van der Waals surface area contributed by atoms with Crippen LogP contribution in [0.3, 0.4) is 0 Å².